The number of benzene rings is 1. The van der Waals surface area contributed by atoms with Gasteiger partial charge in [-0.15, -0.1) is 0 Å². The molecular weight excluding hydrogens is 323 g/mol. The Morgan fingerprint density at radius 3 is 2.81 bits per heavy atom. The van der Waals surface area contributed by atoms with E-state index in [2.05, 4.69) is 19.9 Å². The first-order valence-corrected chi connectivity index (χ1v) is 7.67. The molecule has 7 nitrogen and oxygen atoms in total. The summed E-state index contributed by atoms with van der Waals surface area (Å²) in [6, 6.07) is 1.21. The second-order valence-electron chi connectivity index (χ2n) is 4.25. The van der Waals surface area contributed by atoms with Gasteiger partial charge in [-0.05, 0) is 19.1 Å². The van der Waals surface area contributed by atoms with Crippen LogP contribution in [0.25, 0.3) is 0 Å². The molecule has 0 amide bonds. The van der Waals surface area contributed by atoms with Crippen molar-refractivity contribution in [3.8, 4) is 0 Å². The zero-order valence-electron chi connectivity index (χ0n) is 10.8. The summed E-state index contributed by atoms with van der Waals surface area (Å²) >= 11 is 5.63. The van der Waals surface area contributed by atoms with Crippen LogP contribution in [0.5, 0.6) is 0 Å². The molecule has 1 aromatic carbocycles. The van der Waals surface area contributed by atoms with Crippen molar-refractivity contribution in [1.82, 2.24) is 19.9 Å². The molecule has 0 radical (unpaired) electrons. The van der Waals surface area contributed by atoms with Gasteiger partial charge in [0.05, 0.1) is 22.6 Å². The third-order valence-electron chi connectivity index (χ3n) is 2.73. The summed E-state index contributed by atoms with van der Waals surface area (Å²) < 4.78 is 40.3. The number of nitrogens with zero attached hydrogens (tertiary/aromatic N) is 2. The highest BCUT2D eigenvalue weighted by Gasteiger charge is 2.22. The van der Waals surface area contributed by atoms with Gasteiger partial charge in [-0.3, -0.25) is 5.10 Å². The molecule has 0 fully saturated rings. The number of aliphatic hydroxyl groups excluding tert-OH is 1. The molecule has 2 rings (SSSR count). The summed E-state index contributed by atoms with van der Waals surface area (Å²) in [5, 5.41) is 14.9. The highest BCUT2D eigenvalue weighted by molar-refractivity contribution is 7.89. The fraction of sp³-hybridized carbons (Fsp3) is 0.273. The van der Waals surface area contributed by atoms with Crippen LogP contribution in [-0.2, 0) is 16.6 Å². The number of sulfonamides is 1. The molecule has 0 aliphatic heterocycles. The maximum Gasteiger partial charge on any atom is 0.241 e. The lowest BCUT2D eigenvalue weighted by Crippen LogP contribution is -2.28. The summed E-state index contributed by atoms with van der Waals surface area (Å²) in [5.41, 5.74) is -0.00985. The Morgan fingerprint density at radius 2 is 2.24 bits per heavy atom. The van der Waals surface area contributed by atoms with Crippen LogP contribution in [0.2, 0.25) is 5.02 Å². The molecule has 1 atom stereocenters. The maximum atomic E-state index is 13.6. The van der Waals surface area contributed by atoms with Crippen molar-refractivity contribution in [1.29, 1.82) is 0 Å². The zero-order chi connectivity index (χ0) is 15.6. The topological polar surface area (TPSA) is 108 Å². The van der Waals surface area contributed by atoms with Gasteiger partial charge >= 0.3 is 0 Å². The van der Waals surface area contributed by atoms with E-state index < -0.39 is 28.5 Å². The molecule has 0 saturated heterocycles. The summed E-state index contributed by atoms with van der Waals surface area (Å²) in [6.07, 6.45) is 1.24. The maximum absolute atomic E-state index is 13.6. The van der Waals surface area contributed by atoms with E-state index in [1.54, 1.807) is 6.92 Å². The predicted octanol–water partition coefficient (Wildman–Crippen LogP) is 1.13. The van der Waals surface area contributed by atoms with Crippen LogP contribution < -0.4 is 4.72 Å². The number of H-pyrrole nitrogens is 1. The lowest BCUT2D eigenvalue weighted by atomic mass is 10.2. The highest BCUT2D eigenvalue weighted by Crippen LogP contribution is 2.25. The first-order valence-electron chi connectivity index (χ1n) is 5.81. The molecule has 114 valence electrons. The SMILES string of the molecule is CC(NS(=O)(=O)c1cc(F)c(Cl)c(CO)c1)c1ncn[nH]1. The van der Waals surface area contributed by atoms with E-state index in [9.17, 15) is 12.8 Å². The molecule has 1 aromatic heterocycles. The van der Waals surface area contributed by atoms with Crippen molar-refractivity contribution in [2.45, 2.75) is 24.5 Å². The largest absolute Gasteiger partial charge is 0.392 e. The Hall–Kier alpha value is -1.55. The van der Waals surface area contributed by atoms with Crippen LogP contribution in [0.3, 0.4) is 0 Å². The second-order valence-corrected chi connectivity index (χ2v) is 6.34. The van der Waals surface area contributed by atoms with Crippen LogP contribution in [0, 0.1) is 5.82 Å². The predicted molar refractivity (Wildman–Crippen MR) is 72.5 cm³/mol. The van der Waals surface area contributed by atoms with Gasteiger partial charge in [0, 0.05) is 5.56 Å². The van der Waals surface area contributed by atoms with Gasteiger partial charge in [-0.2, -0.15) is 5.10 Å². The van der Waals surface area contributed by atoms with Crippen molar-refractivity contribution in [2.24, 2.45) is 0 Å². The normalized spacial score (nSPS) is 13.3. The minimum absolute atomic E-state index is 0.00985. The number of halogens is 2. The van der Waals surface area contributed by atoms with Gasteiger partial charge in [0.25, 0.3) is 0 Å². The van der Waals surface area contributed by atoms with Gasteiger partial charge in [0.2, 0.25) is 10.0 Å². The van der Waals surface area contributed by atoms with Crippen molar-refractivity contribution in [3.05, 3.63) is 40.7 Å². The van der Waals surface area contributed by atoms with Gasteiger partial charge in [0.15, 0.2) is 0 Å². The summed E-state index contributed by atoms with van der Waals surface area (Å²) in [4.78, 5) is 3.50. The van der Waals surface area contributed by atoms with Crippen LogP contribution in [0.1, 0.15) is 24.4 Å². The lowest BCUT2D eigenvalue weighted by molar-refractivity contribution is 0.281. The number of nitrogens with one attached hydrogen (secondary N) is 2. The number of hydrogen-bond donors (Lipinski definition) is 3. The summed E-state index contributed by atoms with van der Waals surface area (Å²) in [7, 11) is -4.00. The van der Waals surface area contributed by atoms with E-state index in [-0.39, 0.29) is 15.5 Å². The van der Waals surface area contributed by atoms with Crippen molar-refractivity contribution in [2.75, 3.05) is 0 Å². The number of aliphatic hydroxyl groups is 1. The molecule has 3 N–H and O–H groups in total. The molecule has 1 unspecified atom stereocenters. The van der Waals surface area contributed by atoms with E-state index in [1.165, 1.54) is 6.33 Å². The Bertz CT molecular complexity index is 736. The van der Waals surface area contributed by atoms with Gasteiger partial charge in [-0.25, -0.2) is 22.5 Å². The Kier molecular flexibility index (Phi) is 4.57. The first-order chi connectivity index (χ1) is 9.85. The fourth-order valence-corrected chi connectivity index (χ4v) is 3.11. The van der Waals surface area contributed by atoms with Crippen molar-refractivity contribution < 1.29 is 17.9 Å². The Balaban J connectivity index is 2.34. The highest BCUT2D eigenvalue weighted by atomic mass is 35.5. The molecule has 0 saturated carbocycles. The van der Waals surface area contributed by atoms with Crippen LogP contribution in [0.15, 0.2) is 23.4 Å². The van der Waals surface area contributed by atoms with Crippen LogP contribution in [-0.4, -0.2) is 28.7 Å². The molecular formula is C11H12ClFN4O3S. The zero-order valence-corrected chi connectivity index (χ0v) is 12.4. The third-order valence-corrected chi connectivity index (χ3v) is 4.68. The van der Waals surface area contributed by atoms with Crippen molar-refractivity contribution >= 4 is 21.6 Å². The second kappa shape index (κ2) is 6.06. The first kappa shape index (κ1) is 15.8. The molecule has 21 heavy (non-hydrogen) atoms. The van der Waals surface area contributed by atoms with E-state index in [0.29, 0.717) is 5.82 Å². The quantitative estimate of drug-likeness (QED) is 0.759. The average Bonchev–Trinajstić information content (AvgIpc) is 2.95. The number of rotatable bonds is 5. The van der Waals surface area contributed by atoms with Gasteiger partial charge < -0.3 is 5.11 Å². The number of aromatic nitrogens is 3. The van der Waals surface area contributed by atoms with Gasteiger partial charge in [0.1, 0.15) is 18.0 Å². The smallest absolute Gasteiger partial charge is 0.241 e. The molecule has 0 aliphatic carbocycles. The summed E-state index contributed by atoms with van der Waals surface area (Å²) in [5.74, 6) is -0.605. The Labute approximate surface area is 125 Å². The van der Waals surface area contributed by atoms with E-state index in [0.717, 1.165) is 12.1 Å². The minimum atomic E-state index is -4.00. The van der Waals surface area contributed by atoms with Gasteiger partial charge in [-0.1, -0.05) is 11.6 Å². The minimum Gasteiger partial charge on any atom is -0.392 e. The average molecular weight is 335 g/mol. The van der Waals surface area contributed by atoms with Crippen molar-refractivity contribution in [3.63, 3.8) is 0 Å². The van der Waals surface area contributed by atoms with E-state index in [1.807, 2.05) is 0 Å². The monoisotopic (exact) mass is 334 g/mol. The molecule has 0 bridgehead atoms. The lowest BCUT2D eigenvalue weighted by Gasteiger charge is -2.13. The van der Waals surface area contributed by atoms with E-state index in [4.69, 9.17) is 16.7 Å². The fourth-order valence-electron chi connectivity index (χ4n) is 1.67. The molecule has 1 heterocycles. The molecule has 0 spiro atoms. The number of hydrogen-bond acceptors (Lipinski definition) is 5. The molecule has 0 aliphatic rings. The molecule has 10 heteroatoms. The van der Waals surface area contributed by atoms with E-state index >= 15 is 0 Å². The van der Waals surface area contributed by atoms with Crippen LogP contribution >= 0.6 is 11.6 Å². The van der Waals surface area contributed by atoms with Crippen LogP contribution in [0.4, 0.5) is 4.39 Å². The molecule has 2 aromatic rings. The number of aromatic amines is 1. The standard InChI is InChI=1S/C11H12ClFN4O3S/c1-6(11-14-5-15-16-11)17-21(19,20)8-2-7(4-18)10(12)9(13)3-8/h2-3,5-6,17-18H,4H2,1H3,(H,14,15,16). The summed E-state index contributed by atoms with van der Waals surface area (Å²) in [6.45, 7) is 0.980. The third kappa shape index (κ3) is 3.38. The Morgan fingerprint density at radius 1 is 1.52 bits per heavy atom.